The van der Waals surface area contributed by atoms with E-state index in [0.29, 0.717) is 17.2 Å². The average molecular weight is 282 g/mol. The molecule has 0 aromatic heterocycles. The van der Waals surface area contributed by atoms with Gasteiger partial charge in [-0.1, -0.05) is 37.1 Å². The molecule has 3 heteroatoms. The first-order valence-electron chi connectivity index (χ1n) is 7.74. The first-order chi connectivity index (χ1) is 10.1. The van der Waals surface area contributed by atoms with Gasteiger partial charge in [0.15, 0.2) is 0 Å². The number of carbonyl (C=O) groups is 1. The van der Waals surface area contributed by atoms with Crippen LogP contribution < -0.4 is 11.1 Å². The normalized spacial score (nSPS) is 17.0. The molecular weight excluding hydrogens is 260 g/mol. The van der Waals surface area contributed by atoms with Gasteiger partial charge in [-0.25, -0.2) is 0 Å². The van der Waals surface area contributed by atoms with Crippen LogP contribution in [0.15, 0.2) is 36.4 Å². The van der Waals surface area contributed by atoms with E-state index in [-0.39, 0.29) is 11.9 Å². The summed E-state index contributed by atoms with van der Waals surface area (Å²) in [6.07, 6.45) is 5.00. The number of nitrogens with two attached hydrogens (primary N) is 1. The lowest BCUT2D eigenvalue weighted by atomic mass is 9.99. The summed E-state index contributed by atoms with van der Waals surface area (Å²) in [6.45, 7) is 2.10. The third kappa shape index (κ3) is 2.87. The van der Waals surface area contributed by atoms with Crippen molar-refractivity contribution in [2.75, 3.05) is 5.73 Å². The van der Waals surface area contributed by atoms with Gasteiger partial charge in [0.25, 0.3) is 5.91 Å². The van der Waals surface area contributed by atoms with E-state index >= 15 is 0 Å². The topological polar surface area (TPSA) is 55.1 Å². The minimum Gasteiger partial charge on any atom is -0.398 e. The average Bonchev–Trinajstić information content (AvgIpc) is 3.00. The predicted octanol–water partition coefficient (Wildman–Crippen LogP) is 3.73. The predicted molar refractivity (Wildman–Crippen MR) is 87.2 cm³/mol. The molecule has 0 bridgehead atoms. The van der Waals surface area contributed by atoms with Gasteiger partial charge in [0.05, 0.1) is 5.56 Å². The molecule has 1 fully saturated rings. The lowest BCUT2D eigenvalue weighted by Gasteiger charge is -2.21. The van der Waals surface area contributed by atoms with Gasteiger partial charge in [0, 0.05) is 11.7 Å². The molecule has 0 saturated heterocycles. The van der Waals surface area contributed by atoms with E-state index < -0.39 is 0 Å². The van der Waals surface area contributed by atoms with Gasteiger partial charge in [0.1, 0.15) is 0 Å². The molecule has 0 aliphatic heterocycles. The molecule has 2 aromatic carbocycles. The Balaban J connectivity index is 1.82. The van der Waals surface area contributed by atoms with Crippen molar-refractivity contribution in [3.63, 3.8) is 0 Å². The van der Waals surface area contributed by atoms with Crippen LogP contribution >= 0.6 is 0 Å². The molecule has 1 aliphatic rings. The molecule has 1 atom stereocenters. The highest BCUT2D eigenvalue weighted by Crippen LogP contribution is 2.28. The smallest absolute Gasteiger partial charge is 0.253 e. The Morgan fingerprint density at radius 2 is 1.81 bits per heavy atom. The zero-order valence-corrected chi connectivity index (χ0v) is 12.4. The molecule has 3 nitrogen and oxygen atoms in total. The van der Waals surface area contributed by atoms with Crippen LogP contribution in [0.5, 0.6) is 0 Å². The van der Waals surface area contributed by atoms with Crippen LogP contribution in [0.4, 0.5) is 5.69 Å². The Morgan fingerprint density at radius 3 is 2.48 bits per heavy atom. The van der Waals surface area contributed by atoms with Gasteiger partial charge in [-0.15, -0.1) is 0 Å². The van der Waals surface area contributed by atoms with Crippen molar-refractivity contribution < 1.29 is 4.79 Å². The quantitative estimate of drug-likeness (QED) is 0.843. The molecule has 3 N–H and O–H groups in total. The molecule has 0 radical (unpaired) electrons. The van der Waals surface area contributed by atoms with E-state index in [4.69, 9.17) is 5.73 Å². The minimum absolute atomic E-state index is 0.0577. The van der Waals surface area contributed by atoms with Crippen LogP contribution in [0.2, 0.25) is 0 Å². The standard InChI is InChI=1S/C18H22N2O/c1-12(13-6-2-3-7-13)20-18(21)16-10-14-8-4-5-9-15(14)11-17(16)19/h4-5,8-13H,2-3,6-7,19H2,1H3,(H,20,21)/t12-/m0/s1. The highest BCUT2D eigenvalue weighted by Gasteiger charge is 2.23. The van der Waals surface area contributed by atoms with Crippen molar-refractivity contribution in [3.05, 3.63) is 42.0 Å². The molecule has 0 unspecified atom stereocenters. The van der Waals surface area contributed by atoms with Gasteiger partial charge >= 0.3 is 0 Å². The summed E-state index contributed by atoms with van der Waals surface area (Å²) in [5.41, 5.74) is 7.18. The third-order valence-electron chi connectivity index (χ3n) is 4.63. The Labute approximate surface area is 125 Å². The summed E-state index contributed by atoms with van der Waals surface area (Å²) in [6, 6.07) is 11.9. The van der Waals surface area contributed by atoms with Crippen LogP contribution in [0.1, 0.15) is 43.0 Å². The fourth-order valence-electron chi connectivity index (χ4n) is 3.31. The fraction of sp³-hybridized carbons (Fsp3) is 0.389. The van der Waals surface area contributed by atoms with Crippen LogP contribution in [0.25, 0.3) is 10.8 Å². The van der Waals surface area contributed by atoms with Crippen molar-refractivity contribution >= 4 is 22.4 Å². The molecular formula is C18H22N2O. The number of amides is 1. The second kappa shape index (κ2) is 5.76. The molecule has 0 heterocycles. The highest BCUT2D eigenvalue weighted by atomic mass is 16.1. The molecule has 1 amide bonds. The molecule has 110 valence electrons. The van der Waals surface area contributed by atoms with E-state index in [1.54, 1.807) is 0 Å². The van der Waals surface area contributed by atoms with Crippen molar-refractivity contribution in [1.29, 1.82) is 0 Å². The number of carbonyl (C=O) groups excluding carboxylic acids is 1. The summed E-state index contributed by atoms with van der Waals surface area (Å²) in [5.74, 6) is 0.549. The van der Waals surface area contributed by atoms with Crippen LogP contribution in [0.3, 0.4) is 0 Å². The Bertz CT molecular complexity index is 659. The van der Waals surface area contributed by atoms with Gasteiger partial charge in [-0.05, 0) is 48.6 Å². The van der Waals surface area contributed by atoms with Crippen molar-refractivity contribution in [3.8, 4) is 0 Å². The number of fused-ring (bicyclic) bond motifs is 1. The first-order valence-corrected chi connectivity index (χ1v) is 7.74. The van der Waals surface area contributed by atoms with Crippen molar-refractivity contribution in [2.24, 2.45) is 5.92 Å². The van der Waals surface area contributed by atoms with Crippen LogP contribution in [-0.4, -0.2) is 11.9 Å². The lowest BCUT2D eigenvalue weighted by Crippen LogP contribution is -2.37. The zero-order chi connectivity index (χ0) is 14.8. The van der Waals surface area contributed by atoms with Crippen LogP contribution in [0, 0.1) is 5.92 Å². The second-order valence-corrected chi connectivity index (χ2v) is 6.09. The Hall–Kier alpha value is -2.03. The van der Waals surface area contributed by atoms with E-state index in [9.17, 15) is 4.79 Å². The number of nitrogens with one attached hydrogen (secondary N) is 1. The molecule has 21 heavy (non-hydrogen) atoms. The van der Waals surface area contributed by atoms with E-state index in [2.05, 4.69) is 12.2 Å². The maximum Gasteiger partial charge on any atom is 0.253 e. The molecule has 1 saturated carbocycles. The molecule has 0 spiro atoms. The summed E-state index contributed by atoms with van der Waals surface area (Å²) in [5, 5.41) is 5.24. The van der Waals surface area contributed by atoms with E-state index in [0.717, 1.165) is 10.8 Å². The van der Waals surface area contributed by atoms with E-state index in [1.165, 1.54) is 25.7 Å². The monoisotopic (exact) mass is 282 g/mol. The lowest BCUT2D eigenvalue weighted by molar-refractivity contribution is 0.0928. The van der Waals surface area contributed by atoms with Crippen LogP contribution in [-0.2, 0) is 0 Å². The Morgan fingerprint density at radius 1 is 1.19 bits per heavy atom. The largest absolute Gasteiger partial charge is 0.398 e. The Kier molecular flexibility index (Phi) is 3.82. The number of hydrogen-bond donors (Lipinski definition) is 2. The summed E-state index contributed by atoms with van der Waals surface area (Å²) in [4.78, 5) is 12.5. The van der Waals surface area contributed by atoms with Crippen molar-refractivity contribution in [2.45, 2.75) is 38.6 Å². The van der Waals surface area contributed by atoms with E-state index in [1.807, 2.05) is 36.4 Å². The highest BCUT2D eigenvalue weighted by molar-refractivity contribution is 6.04. The number of nitrogen functional groups attached to an aromatic ring is 1. The summed E-state index contributed by atoms with van der Waals surface area (Å²) < 4.78 is 0. The van der Waals surface area contributed by atoms with Gasteiger partial charge in [-0.2, -0.15) is 0 Å². The fourth-order valence-corrected chi connectivity index (χ4v) is 3.31. The van der Waals surface area contributed by atoms with Crippen molar-refractivity contribution in [1.82, 2.24) is 5.32 Å². The number of anilines is 1. The maximum atomic E-state index is 12.5. The maximum absolute atomic E-state index is 12.5. The summed E-state index contributed by atoms with van der Waals surface area (Å²) in [7, 11) is 0. The van der Waals surface area contributed by atoms with Gasteiger partial charge in [-0.3, -0.25) is 4.79 Å². The number of benzene rings is 2. The number of rotatable bonds is 3. The van der Waals surface area contributed by atoms with Gasteiger partial charge < -0.3 is 11.1 Å². The summed E-state index contributed by atoms with van der Waals surface area (Å²) >= 11 is 0. The third-order valence-corrected chi connectivity index (χ3v) is 4.63. The van der Waals surface area contributed by atoms with Gasteiger partial charge in [0.2, 0.25) is 0 Å². The molecule has 2 aromatic rings. The minimum atomic E-state index is -0.0577. The zero-order valence-electron chi connectivity index (χ0n) is 12.4. The second-order valence-electron chi connectivity index (χ2n) is 6.09. The number of hydrogen-bond acceptors (Lipinski definition) is 2. The molecule has 3 rings (SSSR count). The molecule has 1 aliphatic carbocycles. The first kappa shape index (κ1) is 13.9. The SMILES string of the molecule is C[C@H](NC(=O)c1cc2ccccc2cc1N)C1CCCC1.